The number of carbonyl (C=O) groups excluding carboxylic acids is 7. The number of ether oxygens (including phenoxy) is 7. The van der Waals surface area contributed by atoms with Gasteiger partial charge in [-0.2, -0.15) is 0 Å². The van der Waals surface area contributed by atoms with Gasteiger partial charge in [0.25, 0.3) is 23.6 Å². The Kier molecular flexibility index (Phi) is 21.8. The average Bonchev–Trinajstić information content (AvgIpc) is 1.61. The smallest absolute Gasteiger partial charge is 0.407 e. The van der Waals surface area contributed by atoms with Crippen molar-refractivity contribution in [3.05, 3.63) is 173 Å². The molecule has 4 aliphatic heterocycles. The van der Waals surface area contributed by atoms with Crippen LogP contribution in [-0.2, 0) is 33.4 Å². The SMILES string of the molecule is COc1cc2c(cc1OCCCOc1cc3c(cc1OC)C(=O)N1C=C(c4ccc(NC(=O)[C@H](C)NC(=O)[C@@H](NC(=O)OCC5c6ccccc6-c6ccccc65)C(C)C)cc4)C[C@H]1C(=O)N3COCC[Si](C)(C)C)N(COCC[Si](C)(C)C)C(=O)[C@@H]1CC(c3ccc(F)cc3)=CN1C2=O. The van der Waals surface area contributed by atoms with Crippen molar-refractivity contribution >= 4 is 85.9 Å². The second-order valence-corrected chi connectivity index (χ2v) is 39.7. The zero-order valence-electron chi connectivity index (χ0n) is 58.5. The van der Waals surface area contributed by atoms with Crippen LogP contribution in [0.2, 0.25) is 51.4 Å². The van der Waals surface area contributed by atoms with Crippen LogP contribution in [0.1, 0.15) is 88.9 Å². The quantitative estimate of drug-likeness (QED) is 0.0306. The third-order valence-electron chi connectivity index (χ3n) is 18.6. The highest BCUT2D eigenvalue weighted by atomic mass is 28.3. The van der Waals surface area contributed by atoms with Gasteiger partial charge in [-0.05, 0) is 106 Å². The maximum absolute atomic E-state index is 15.0. The van der Waals surface area contributed by atoms with Gasteiger partial charge in [0.1, 0.15) is 50.1 Å². The van der Waals surface area contributed by atoms with Crippen LogP contribution in [0.5, 0.6) is 23.0 Å². The molecule has 24 heteroatoms. The number of anilines is 3. The van der Waals surface area contributed by atoms with Gasteiger partial charge in [-0.25, -0.2) is 9.18 Å². The minimum absolute atomic E-state index is 0.0743. The van der Waals surface area contributed by atoms with E-state index >= 15 is 4.79 Å². The number of carbonyl (C=O) groups is 7. The molecule has 0 radical (unpaired) electrons. The van der Waals surface area contributed by atoms with Crippen molar-refractivity contribution in [2.24, 2.45) is 5.92 Å². The van der Waals surface area contributed by atoms with E-state index in [-0.39, 0.29) is 110 Å². The van der Waals surface area contributed by atoms with Gasteiger partial charge in [-0.3, -0.25) is 38.6 Å². The van der Waals surface area contributed by atoms with Crippen LogP contribution in [0.4, 0.5) is 26.2 Å². The lowest BCUT2D eigenvalue weighted by molar-refractivity contribution is -0.128. The highest BCUT2D eigenvalue weighted by Gasteiger charge is 2.46. The Morgan fingerprint density at radius 3 is 1.47 bits per heavy atom. The van der Waals surface area contributed by atoms with E-state index in [0.29, 0.717) is 47.7 Å². The fourth-order valence-electron chi connectivity index (χ4n) is 12.9. The highest BCUT2D eigenvalue weighted by Crippen LogP contribution is 2.47. The number of hydrogen-bond acceptors (Lipinski definition) is 14. The molecule has 0 saturated heterocycles. The summed E-state index contributed by atoms with van der Waals surface area (Å²) in [6, 6.07) is 33.2. The summed E-state index contributed by atoms with van der Waals surface area (Å²) in [5.74, 6) is -2.49. The van der Waals surface area contributed by atoms with Crippen molar-refractivity contribution in [3.8, 4) is 34.1 Å². The van der Waals surface area contributed by atoms with Crippen molar-refractivity contribution in [1.82, 2.24) is 20.4 Å². The molecule has 5 aliphatic rings. The Balaban J connectivity index is 0.740. The number of hydrogen-bond donors (Lipinski definition) is 3. The van der Waals surface area contributed by atoms with Crippen LogP contribution >= 0.6 is 0 Å². The van der Waals surface area contributed by atoms with E-state index in [2.05, 4.69) is 67.4 Å². The number of benzene rings is 6. The first kappa shape index (κ1) is 71.7. The van der Waals surface area contributed by atoms with Gasteiger partial charge in [-0.15, -0.1) is 0 Å². The molecule has 3 N–H and O–H groups in total. The number of nitrogens with one attached hydrogen (secondary N) is 3. The maximum Gasteiger partial charge on any atom is 0.407 e. The van der Waals surface area contributed by atoms with E-state index in [9.17, 15) is 33.2 Å². The molecule has 4 atom stereocenters. The Hall–Kier alpha value is -9.63. The lowest BCUT2D eigenvalue weighted by Gasteiger charge is -2.27. The second-order valence-electron chi connectivity index (χ2n) is 28.5. The molecule has 0 bridgehead atoms. The van der Waals surface area contributed by atoms with E-state index in [1.54, 1.807) is 93.8 Å². The molecule has 0 spiro atoms. The third kappa shape index (κ3) is 16.0. The molecule has 100 heavy (non-hydrogen) atoms. The molecule has 7 amide bonds. The van der Waals surface area contributed by atoms with Crippen molar-refractivity contribution in [3.63, 3.8) is 0 Å². The maximum atomic E-state index is 15.0. The number of methoxy groups -OCH3 is 2. The predicted molar refractivity (Wildman–Crippen MR) is 386 cm³/mol. The second kappa shape index (κ2) is 30.5. The molecule has 0 aromatic heterocycles. The zero-order valence-corrected chi connectivity index (χ0v) is 60.5. The molecule has 0 unspecified atom stereocenters. The molecule has 4 heterocycles. The normalized spacial score (nSPS) is 17.0. The zero-order chi connectivity index (χ0) is 71.3. The largest absolute Gasteiger partial charge is 0.493 e. The Morgan fingerprint density at radius 2 is 1.02 bits per heavy atom. The van der Waals surface area contributed by atoms with Gasteiger partial charge < -0.3 is 58.9 Å². The number of halogens is 1. The highest BCUT2D eigenvalue weighted by molar-refractivity contribution is 6.76. The molecule has 1 aliphatic carbocycles. The predicted octanol–water partition coefficient (Wildman–Crippen LogP) is 12.5. The van der Waals surface area contributed by atoms with Crippen molar-refractivity contribution in [1.29, 1.82) is 0 Å². The van der Waals surface area contributed by atoms with Crippen LogP contribution in [0, 0.1) is 11.7 Å². The topological polar surface area (TPSA) is 233 Å². The van der Waals surface area contributed by atoms with Crippen LogP contribution in [0.3, 0.4) is 0 Å². The van der Waals surface area contributed by atoms with Crippen LogP contribution in [-0.4, -0.2) is 152 Å². The fraction of sp³-hybridized carbons (Fsp3) is 0.382. The molecule has 0 fully saturated rings. The van der Waals surface area contributed by atoms with Gasteiger partial charge >= 0.3 is 6.09 Å². The standard InChI is InChI=1S/C76H88FN7O14Si2/c1-46(2)69(80-76(91)98-43-60-56-19-14-12-17-54(56)55-18-13-15-20-57(55)60)71(86)78-47(3)70(85)79-53-27-23-49(24-28-53)51-36-64-75(90)84(45-95-32-34-100(9,10)11)62-40-68(66(93-5)38-59(62)73(88)82(64)42-51)97-30-16-29-96-67-39-61-58(37-65(67)92-4)72(87)81-41-50(48-21-25-52(77)26-22-48)35-63(81)74(89)83(61)44-94-31-33-99(6,7)8/h12-15,17-28,37-42,46-47,60,63-64,69H,16,29-36,43-45H2,1-11H3,(H,78,86)(H,79,85)(H,80,91)/t47-,63-,64-,69-/m0/s1. The molecule has 6 aromatic rings. The summed E-state index contributed by atoms with van der Waals surface area (Å²) in [6.07, 6.45) is 3.29. The molecule has 0 saturated carbocycles. The summed E-state index contributed by atoms with van der Waals surface area (Å²) in [6.45, 7) is 19.4. The lowest BCUT2D eigenvalue weighted by atomic mass is 9.98. The first-order valence-electron chi connectivity index (χ1n) is 33.9. The minimum atomic E-state index is -1.55. The molecule has 6 aromatic carbocycles. The van der Waals surface area contributed by atoms with Crippen LogP contribution < -0.4 is 44.7 Å². The summed E-state index contributed by atoms with van der Waals surface area (Å²) in [7, 11) is -0.129. The number of fused-ring (bicyclic) bond motifs is 7. The third-order valence-corrected chi connectivity index (χ3v) is 22.0. The summed E-state index contributed by atoms with van der Waals surface area (Å²) in [5, 5.41) is 8.31. The van der Waals surface area contributed by atoms with Gasteiger partial charge in [0, 0.05) is 84.8 Å². The van der Waals surface area contributed by atoms with Gasteiger partial charge in [0.15, 0.2) is 23.0 Å². The average molecular weight is 1400 g/mol. The lowest BCUT2D eigenvalue weighted by Crippen LogP contribution is -2.53. The Labute approximate surface area is 584 Å². The van der Waals surface area contributed by atoms with E-state index in [0.717, 1.165) is 39.9 Å². The fourth-order valence-corrected chi connectivity index (χ4v) is 14.4. The number of amides is 7. The minimum Gasteiger partial charge on any atom is -0.493 e. The van der Waals surface area contributed by atoms with Crippen LogP contribution in [0.15, 0.2) is 134 Å². The Morgan fingerprint density at radius 1 is 0.560 bits per heavy atom. The van der Waals surface area contributed by atoms with Crippen molar-refractivity contribution in [2.75, 3.05) is 75.8 Å². The summed E-state index contributed by atoms with van der Waals surface area (Å²) < 4.78 is 56.5. The number of alkyl carbamates (subject to hydrolysis) is 1. The van der Waals surface area contributed by atoms with Crippen molar-refractivity contribution < 1.29 is 71.1 Å². The molecule has 11 rings (SSSR count). The van der Waals surface area contributed by atoms with Gasteiger partial charge in [-0.1, -0.05) is 126 Å². The number of rotatable bonds is 28. The van der Waals surface area contributed by atoms with Gasteiger partial charge in [0.05, 0.1) is 49.9 Å². The number of nitrogens with zero attached hydrogens (tertiary/aromatic N) is 4. The monoisotopic (exact) mass is 1400 g/mol. The van der Waals surface area contributed by atoms with E-state index in [4.69, 9.17) is 33.2 Å². The summed E-state index contributed by atoms with van der Waals surface area (Å²) in [5.41, 5.74) is 8.55. The summed E-state index contributed by atoms with van der Waals surface area (Å²) in [4.78, 5) is 105. The molecular formula is C76H88FN7O14Si2. The van der Waals surface area contributed by atoms with Crippen molar-refractivity contribution in [2.45, 2.75) is 121 Å². The first-order chi connectivity index (χ1) is 47.8. The van der Waals surface area contributed by atoms with Gasteiger partial charge in [0.2, 0.25) is 11.8 Å². The van der Waals surface area contributed by atoms with Crippen LogP contribution in [0.25, 0.3) is 22.3 Å². The summed E-state index contributed by atoms with van der Waals surface area (Å²) >= 11 is 0. The first-order valence-corrected chi connectivity index (χ1v) is 41.3. The van der Waals surface area contributed by atoms with E-state index in [1.807, 2.05) is 36.4 Å². The van der Waals surface area contributed by atoms with E-state index < -0.39 is 75.9 Å². The molecular weight excluding hydrogens is 1310 g/mol. The molecule has 526 valence electrons. The van der Waals surface area contributed by atoms with E-state index in [1.165, 1.54) is 46.0 Å². The Bertz CT molecular complexity index is 4130. The molecule has 21 nitrogen and oxygen atoms in total.